The minimum atomic E-state index is -1.39. The average molecular weight is 759 g/mol. The number of ether oxygens (including phenoxy) is 6. The van der Waals surface area contributed by atoms with Gasteiger partial charge in [0.05, 0.1) is 16.9 Å². The number of fused-ring (bicyclic) bond motifs is 9. The van der Waals surface area contributed by atoms with Gasteiger partial charge in [0.1, 0.15) is 62.7 Å². The summed E-state index contributed by atoms with van der Waals surface area (Å²) in [6.45, 7) is 6.55. The molecule has 0 N–H and O–H groups in total. The van der Waals surface area contributed by atoms with Crippen molar-refractivity contribution in [1.82, 2.24) is 0 Å². The fraction of sp³-hybridized carbons (Fsp3) is 0.190. The first-order valence-corrected chi connectivity index (χ1v) is 17.3. The van der Waals surface area contributed by atoms with Crippen LogP contribution in [0, 0.1) is 0 Å². The first-order valence-electron chi connectivity index (χ1n) is 17.3. The van der Waals surface area contributed by atoms with E-state index in [0.29, 0.717) is 39.4 Å². The maximum atomic E-state index is 14.5. The number of benzene rings is 4. The van der Waals surface area contributed by atoms with Crippen molar-refractivity contribution in [3.63, 3.8) is 0 Å². The highest BCUT2D eigenvalue weighted by atomic mass is 16.6. The summed E-state index contributed by atoms with van der Waals surface area (Å²) in [6, 6.07) is 18.5. The molecule has 282 valence electrons. The van der Waals surface area contributed by atoms with E-state index in [1.54, 1.807) is 55.5 Å². The van der Waals surface area contributed by atoms with E-state index in [9.17, 15) is 28.8 Å². The van der Waals surface area contributed by atoms with Crippen LogP contribution in [0.1, 0.15) is 79.0 Å². The van der Waals surface area contributed by atoms with Crippen LogP contribution in [-0.4, -0.2) is 41.2 Å². The standard InChI is InChI=1S/C42H30O14/c1-19(43)49-25-7-6-23-12-31(53-32(23)15-25)24-13-35-37(36(14-24)55-41(48)29-11-9-26(50-20(2)44)16-33(29)52-22(4)46)38-39(54-35)30-18-42(5,40(38)47)56-34-17-27(51-21(3)45)8-10-28(30)34/h6-17,30H,18H2,1-5H3. The van der Waals surface area contributed by atoms with Gasteiger partial charge in [-0.2, -0.15) is 0 Å². The Bertz CT molecular complexity index is 2710. The Morgan fingerprint density at radius 2 is 1.30 bits per heavy atom. The topological polar surface area (TPSA) is 184 Å². The summed E-state index contributed by atoms with van der Waals surface area (Å²) in [5.74, 6) is -3.11. The molecule has 0 saturated carbocycles. The molecule has 14 heteroatoms. The van der Waals surface area contributed by atoms with Crippen LogP contribution in [0.15, 0.2) is 81.6 Å². The molecule has 2 unspecified atom stereocenters. The maximum absolute atomic E-state index is 14.5. The number of carbonyl (C=O) groups is 6. The first kappa shape index (κ1) is 35.8. The van der Waals surface area contributed by atoms with Crippen LogP contribution < -0.4 is 28.4 Å². The number of ketones is 1. The number of furan rings is 2. The van der Waals surface area contributed by atoms with E-state index in [2.05, 4.69) is 0 Å². The SMILES string of the molecule is CC(=O)Oc1ccc(C(=O)Oc2cc(-c3cc4ccc(OC(C)=O)cc4o3)cc3oc4c(c23)C(=O)C2(C)CC4c3ccc(OC(C)=O)cc3O2)c(OC(C)=O)c1. The quantitative estimate of drug-likeness (QED) is 0.114. The van der Waals surface area contributed by atoms with Crippen LogP contribution in [-0.2, 0) is 19.2 Å². The Hall–Kier alpha value is -7.22. The molecule has 2 aliphatic rings. The van der Waals surface area contributed by atoms with Gasteiger partial charge in [-0.15, -0.1) is 0 Å². The fourth-order valence-electron chi connectivity index (χ4n) is 7.12. The van der Waals surface area contributed by atoms with Gasteiger partial charge in [-0.3, -0.25) is 24.0 Å². The average Bonchev–Trinajstić information content (AvgIpc) is 3.71. The second-order valence-electron chi connectivity index (χ2n) is 13.5. The van der Waals surface area contributed by atoms with Crippen molar-refractivity contribution in [3.8, 4) is 45.8 Å². The molecule has 0 saturated heterocycles. The zero-order valence-electron chi connectivity index (χ0n) is 30.4. The Balaban J connectivity index is 1.30. The van der Waals surface area contributed by atoms with Crippen molar-refractivity contribution in [3.05, 3.63) is 95.2 Å². The molecule has 56 heavy (non-hydrogen) atoms. The molecule has 0 fully saturated rings. The molecule has 14 nitrogen and oxygen atoms in total. The molecule has 0 spiro atoms. The predicted molar refractivity (Wildman–Crippen MR) is 194 cm³/mol. The number of carbonyl (C=O) groups excluding carboxylic acids is 6. The number of hydrogen-bond acceptors (Lipinski definition) is 14. The largest absolute Gasteiger partial charge is 0.479 e. The summed E-state index contributed by atoms with van der Waals surface area (Å²) in [6.07, 6.45) is 0.231. The van der Waals surface area contributed by atoms with E-state index in [0.717, 1.165) is 6.92 Å². The third-order valence-electron chi connectivity index (χ3n) is 9.29. The van der Waals surface area contributed by atoms with Crippen molar-refractivity contribution < 1.29 is 66.0 Å². The Labute approximate surface area is 316 Å². The van der Waals surface area contributed by atoms with E-state index in [-0.39, 0.29) is 57.3 Å². The molecule has 2 atom stereocenters. The van der Waals surface area contributed by atoms with E-state index in [1.165, 1.54) is 45.0 Å². The second kappa shape index (κ2) is 13.3. The van der Waals surface area contributed by atoms with Gasteiger partial charge in [0.2, 0.25) is 5.78 Å². The van der Waals surface area contributed by atoms with Crippen molar-refractivity contribution in [2.75, 3.05) is 0 Å². The molecule has 0 radical (unpaired) electrons. The highest BCUT2D eigenvalue weighted by Gasteiger charge is 2.52. The van der Waals surface area contributed by atoms with Crippen LogP contribution in [0.5, 0.6) is 34.5 Å². The summed E-state index contributed by atoms with van der Waals surface area (Å²) >= 11 is 0. The van der Waals surface area contributed by atoms with Gasteiger partial charge in [-0.1, -0.05) is 6.07 Å². The van der Waals surface area contributed by atoms with Crippen LogP contribution >= 0.6 is 0 Å². The normalized spacial score (nSPS) is 16.7. The molecule has 4 aromatic carbocycles. The molecular formula is C42H30O14. The van der Waals surface area contributed by atoms with Gasteiger partial charge >= 0.3 is 29.8 Å². The highest BCUT2D eigenvalue weighted by Crippen LogP contribution is 2.54. The van der Waals surface area contributed by atoms with Gasteiger partial charge in [0.15, 0.2) is 5.60 Å². The van der Waals surface area contributed by atoms with Crippen molar-refractivity contribution in [2.24, 2.45) is 0 Å². The molecule has 1 aliphatic heterocycles. The molecule has 2 aromatic heterocycles. The van der Waals surface area contributed by atoms with E-state index in [4.69, 9.17) is 37.3 Å². The maximum Gasteiger partial charge on any atom is 0.347 e. The Morgan fingerprint density at radius 1 is 0.661 bits per heavy atom. The molecule has 6 aromatic rings. The van der Waals surface area contributed by atoms with E-state index >= 15 is 0 Å². The first-order chi connectivity index (χ1) is 26.6. The number of esters is 5. The van der Waals surface area contributed by atoms with Crippen LogP contribution in [0.25, 0.3) is 33.3 Å². The zero-order valence-corrected chi connectivity index (χ0v) is 30.4. The fourth-order valence-corrected chi connectivity index (χ4v) is 7.12. The molecule has 2 bridgehead atoms. The van der Waals surface area contributed by atoms with Gasteiger partial charge in [0.25, 0.3) is 0 Å². The van der Waals surface area contributed by atoms with E-state index in [1.807, 2.05) is 0 Å². The summed E-state index contributed by atoms with van der Waals surface area (Å²) in [4.78, 5) is 75.5. The van der Waals surface area contributed by atoms with Gasteiger partial charge < -0.3 is 37.3 Å². The molecule has 8 rings (SSSR count). The van der Waals surface area contributed by atoms with Crippen molar-refractivity contribution >= 4 is 57.6 Å². The lowest BCUT2D eigenvalue weighted by atomic mass is 9.72. The van der Waals surface area contributed by atoms with Gasteiger partial charge in [0, 0.05) is 68.8 Å². The lowest BCUT2D eigenvalue weighted by Crippen LogP contribution is -2.49. The van der Waals surface area contributed by atoms with Crippen LogP contribution in [0.3, 0.4) is 0 Å². The van der Waals surface area contributed by atoms with E-state index < -0.39 is 47.1 Å². The monoisotopic (exact) mass is 758 g/mol. The van der Waals surface area contributed by atoms with Crippen molar-refractivity contribution in [2.45, 2.75) is 52.6 Å². The third-order valence-corrected chi connectivity index (χ3v) is 9.29. The lowest BCUT2D eigenvalue weighted by Gasteiger charge is -2.41. The number of Topliss-reactive ketones (excluding diaryl/α,β-unsaturated/α-hetero) is 1. The minimum Gasteiger partial charge on any atom is -0.479 e. The predicted octanol–water partition coefficient (Wildman–Crippen LogP) is 7.64. The third kappa shape index (κ3) is 6.40. The highest BCUT2D eigenvalue weighted by molar-refractivity contribution is 6.16. The van der Waals surface area contributed by atoms with Gasteiger partial charge in [-0.05, 0) is 55.5 Å². The summed E-state index contributed by atoms with van der Waals surface area (Å²) < 4.78 is 46.0. The van der Waals surface area contributed by atoms with Crippen LogP contribution in [0.2, 0.25) is 0 Å². The Kier molecular flexibility index (Phi) is 8.48. The summed E-state index contributed by atoms with van der Waals surface area (Å²) in [7, 11) is 0. The minimum absolute atomic E-state index is 0.0194. The number of hydrogen-bond donors (Lipinski definition) is 0. The number of rotatable bonds is 7. The summed E-state index contributed by atoms with van der Waals surface area (Å²) in [5.41, 5.74) is 0.229. The van der Waals surface area contributed by atoms with Crippen LogP contribution in [0.4, 0.5) is 0 Å². The molecule has 3 heterocycles. The molecular weight excluding hydrogens is 728 g/mol. The Morgan fingerprint density at radius 3 is 2.00 bits per heavy atom. The molecule has 0 amide bonds. The second-order valence-corrected chi connectivity index (χ2v) is 13.5. The summed E-state index contributed by atoms with van der Waals surface area (Å²) in [5, 5.41) is 0.853. The van der Waals surface area contributed by atoms with Crippen molar-refractivity contribution in [1.29, 1.82) is 0 Å². The zero-order chi connectivity index (χ0) is 39.6. The lowest BCUT2D eigenvalue weighted by molar-refractivity contribution is -0.133. The molecule has 1 aliphatic carbocycles. The van der Waals surface area contributed by atoms with Gasteiger partial charge in [-0.25, -0.2) is 4.79 Å². The smallest absolute Gasteiger partial charge is 0.347 e.